The molecule has 1 fully saturated rings. The van der Waals surface area contributed by atoms with Gasteiger partial charge < -0.3 is 16.4 Å². The molecular formula is C13H25N3O2. The molecule has 0 spiro atoms. The summed E-state index contributed by atoms with van der Waals surface area (Å²) < 4.78 is 0. The Morgan fingerprint density at radius 3 is 2.61 bits per heavy atom. The predicted octanol–water partition coefficient (Wildman–Crippen LogP) is 0.391. The third-order valence-electron chi connectivity index (χ3n) is 3.68. The summed E-state index contributed by atoms with van der Waals surface area (Å²) >= 11 is 0. The molecular weight excluding hydrogens is 230 g/mol. The summed E-state index contributed by atoms with van der Waals surface area (Å²) in [6, 6.07) is -0.773. The number of hydrogen-bond acceptors (Lipinski definition) is 3. The lowest BCUT2D eigenvalue weighted by atomic mass is 9.90. The number of primary amides is 1. The van der Waals surface area contributed by atoms with Crippen LogP contribution < -0.4 is 16.4 Å². The molecule has 5 nitrogen and oxygen atoms in total. The second-order valence-electron chi connectivity index (χ2n) is 5.44. The molecule has 1 aliphatic rings. The molecule has 4 N–H and O–H groups in total. The van der Waals surface area contributed by atoms with E-state index in [1.807, 2.05) is 13.8 Å². The second kappa shape index (κ2) is 6.73. The lowest BCUT2D eigenvalue weighted by Crippen LogP contribution is -2.55. The standard InChI is InChI=1S/C13H25N3O2/c1-4-9-5-6-15-10(7-9)13(18)16-11(8(2)3)12(14)17/h8-11,15H,4-7H2,1-3H3,(H2,14,17)(H,16,18). The van der Waals surface area contributed by atoms with Gasteiger partial charge in [0.25, 0.3) is 0 Å². The maximum Gasteiger partial charge on any atom is 0.240 e. The van der Waals surface area contributed by atoms with Crippen molar-refractivity contribution in [1.82, 2.24) is 10.6 Å². The highest BCUT2D eigenvalue weighted by atomic mass is 16.2. The van der Waals surface area contributed by atoms with Crippen LogP contribution in [0.1, 0.15) is 40.0 Å². The smallest absolute Gasteiger partial charge is 0.240 e. The lowest BCUT2D eigenvalue weighted by Gasteiger charge is -2.30. The number of rotatable bonds is 5. The molecule has 3 unspecified atom stereocenters. The van der Waals surface area contributed by atoms with E-state index in [0.29, 0.717) is 5.92 Å². The van der Waals surface area contributed by atoms with Crippen LogP contribution in [0.2, 0.25) is 0 Å². The van der Waals surface area contributed by atoms with Crippen molar-refractivity contribution in [1.29, 1.82) is 0 Å². The van der Waals surface area contributed by atoms with E-state index in [1.54, 1.807) is 0 Å². The molecule has 1 aliphatic heterocycles. The fraction of sp³-hybridized carbons (Fsp3) is 0.846. The van der Waals surface area contributed by atoms with Gasteiger partial charge in [-0.3, -0.25) is 9.59 Å². The Kier molecular flexibility index (Phi) is 5.59. The van der Waals surface area contributed by atoms with Gasteiger partial charge in [0.2, 0.25) is 11.8 Å². The molecule has 0 aromatic heterocycles. The molecule has 0 aliphatic carbocycles. The fourth-order valence-electron chi connectivity index (χ4n) is 2.39. The Morgan fingerprint density at radius 1 is 1.44 bits per heavy atom. The normalized spacial score (nSPS) is 25.8. The van der Waals surface area contributed by atoms with E-state index >= 15 is 0 Å². The molecule has 0 bridgehead atoms. The molecule has 0 radical (unpaired) electrons. The van der Waals surface area contributed by atoms with E-state index in [2.05, 4.69) is 17.6 Å². The van der Waals surface area contributed by atoms with Gasteiger partial charge in [-0.1, -0.05) is 27.2 Å². The number of nitrogens with two attached hydrogens (primary N) is 1. The van der Waals surface area contributed by atoms with Crippen LogP contribution in [-0.4, -0.2) is 30.4 Å². The fourth-order valence-corrected chi connectivity index (χ4v) is 2.39. The molecule has 0 aromatic rings. The van der Waals surface area contributed by atoms with E-state index in [9.17, 15) is 9.59 Å². The van der Waals surface area contributed by atoms with Crippen LogP contribution in [0.15, 0.2) is 0 Å². The summed E-state index contributed by atoms with van der Waals surface area (Å²) in [6.45, 7) is 6.75. The zero-order chi connectivity index (χ0) is 13.7. The summed E-state index contributed by atoms with van der Waals surface area (Å²) in [5.41, 5.74) is 5.29. The molecule has 1 saturated heterocycles. The third-order valence-corrected chi connectivity index (χ3v) is 3.68. The van der Waals surface area contributed by atoms with Gasteiger partial charge in [-0.25, -0.2) is 0 Å². The van der Waals surface area contributed by atoms with Crippen molar-refractivity contribution in [2.75, 3.05) is 6.54 Å². The Morgan fingerprint density at radius 2 is 2.11 bits per heavy atom. The first-order valence-corrected chi connectivity index (χ1v) is 6.78. The van der Waals surface area contributed by atoms with Gasteiger partial charge in [0.05, 0.1) is 6.04 Å². The quantitative estimate of drug-likeness (QED) is 0.664. The van der Waals surface area contributed by atoms with Crippen molar-refractivity contribution in [3.05, 3.63) is 0 Å². The first kappa shape index (κ1) is 15.0. The molecule has 18 heavy (non-hydrogen) atoms. The molecule has 0 aromatic carbocycles. The van der Waals surface area contributed by atoms with E-state index in [1.165, 1.54) is 0 Å². The zero-order valence-corrected chi connectivity index (χ0v) is 11.5. The maximum atomic E-state index is 12.1. The molecule has 3 atom stereocenters. The molecule has 2 amide bonds. The number of amides is 2. The first-order chi connectivity index (χ1) is 8.45. The van der Waals surface area contributed by atoms with Crippen LogP contribution in [0.5, 0.6) is 0 Å². The van der Waals surface area contributed by atoms with Crippen molar-refractivity contribution in [2.24, 2.45) is 17.6 Å². The number of carbonyl (C=O) groups excluding carboxylic acids is 2. The van der Waals surface area contributed by atoms with Crippen molar-refractivity contribution in [3.63, 3.8) is 0 Å². The second-order valence-corrected chi connectivity index (χ2v) is 5.44. The first-order valence-electron chi connectivity index (χ1n) is 6.78. The maximum absolute atomic E-state index is 12.1. The van der Waals surface area contributed by atoms with Gasteiger partial charge in [-0.15, -0.1) is 0 Å². The number of carbonyl (C=O) groups is 2. The van der Waals surface area contributed by atoms with Crippen LogP contribution >= 0.6 is 0 Å². The largest absolute Gasteiger partial charge is 0.368 e. The Labute approximate surface area is 109 Å². The summed E-state index contributed by atoms with van der Waals surface area (Å²) in [5, 5.41) is 5.96. The third kappa shape index (κ3) is 3.98. The van der Waals surface area contributed by atoms with Gasteiger partial charge in [0, 0.05) is 0 Å². The molecule has 5 heteroatoms. The average Bonchev–Trinajstić information content (AvgIpc) is 2.34. The Balaban J connectivity index is 2.55. The highest BCUT2D eigenvalue weighted by Crippen LogP contribution is 2.19. The molecule has 0 saturated carbocycles. The predicted molar refractivity (Wildman–Crippen MR) is 70.8 cm³/mol. The van der Waals surface area contributed by atoms with Crippen molar-refractivity contribution < 1.29 is 9.59 Å². The van der Waals surface area contributed by atoms with Crippen molar-refractivity contribution in [3.8, 4) is 0 Å². The minimum absolute atomic E-state index is 0.0111. The van der Waals surface area contributed by atoms with E-state index < -0.39 is 11.9 Å². The highest BCUT2D eigenvalue weighted by molar-refractivity contribution is 5.89. The summed E-state index contributed by atoms with van der Waals surface area (Å²) in [7, 11) is 0. The van der Waals surface area contributed by atoms with Gasteiger partial charge >= 0.3 is 0 Å². The molecule has 104 valence electrons. The number of hydrogen-bond donors (Lipinski definition) is 3. The molecule has 1 rings (SSSR count). The monoisotopic (exact) mass is 255 g/mol. The van der Waals surface area contributed by atoms with E-state index in [0.717, 1.165) is 25.8 Å². The van der Waals surface area contributed by atoms with Crippen LogP contribution in [-0.2, 0) is 9.59 Å². The van der Waals surface area contributed by atoms with Crippen LogP contribution in [0, 0.1) is 11.8 Å². The summed E-state index contributed by atoms with van der Waals surface area (Å²) in [4.78, 5) is 23.4. The van der Waals surface area contributed by atoms with Crippen molar-refractivity contribution in [2.45, 2.75) is 52.1 Å². The van der Waals surface area contributed by atoms with Crippen LogP contribution in [0.4, 0.5) is 0 Å². The van der Waals surface area contributed by atoms with Gasteiger partial charge in [-0.2, -0.15) is 0 Å². The lowest BCUT2D eigenvalue weighted by molar-refractivity contribution is -0.130. The Hall–Kier alpha value is -1.10. The van der Waals surface area contributed by atoms with Crippen LogP contribution in [0.3, 0.4) is 0 Å². The highest BCUT2D eigenvalue weighted by Gasteiger charge is 2.29. The molecule has 1 heterocycles. The van der Waals surface area contributed by atoms with Crippen molar-refractivity contribution >= 4 is 11.8 Å². The zero-order valence-electron chi connectivity index (χ0n) is 11.5. The summed E-state index contributed by atoms with van der Waals surface area (Å²) in [5.74, 6) is 0.0249. The average molecular weight is 255 g/mol. The van der Waals surface area contributed by atoms with Gasteiger partial charge in [0.1, 0.15) is 6.04 Å². The SMILES string of the molecule is CCC1CCNC(C(=O)NC(C(N)=O)C(C)C)C1. The minimum Gasteiger partial charge on any atom is -0.368 e. The Bertz CT molecular complexity index is 305. The minimum atomic E-state index is -0.582. The topological polar surface area (TPSA) is 84.2 Å². The van der Waals surface area contributed by atoms with E-state index in [4.69, 9.17) is 5.73 Å². The van der Waals surface area contributed by atoms with Gasteiger partial charge in [-0.05, 0) is 31.2 Å². The van der Waals surface area contributed by atoms with Gasteiger partial charge in [0.15, 0.2) is 0 Å². The number of piperidine rings is 1. The number of nitrogens with one attached hydrogen (secondary N) is 2. The van der Waals surface area contributed by atoms with Crippen LogP contribution in [0.25, 0.3) is 0 Å². The summed E-state index contributed by atoms with van der Waals surface area (Å²) in [6.07, 6.45) is 3.05. The van der Waals surface area contributed by atoms with E-state index in [-0.39, 0.29) is 17.9 Å².